The summed E-state index contributed by atoms with van der Waals surface area (Å²) in [6.07, 6.45) is 0. The highest BCUT2D eigenvalue weighted by atomic mass is 35.5. The smallest absolute Gasteiger partial charge is 0.283 e. The molecule has 0 saturated carbocycles. The SMILES string of the molecule is Cc1cccc(-c2nnc(CCl)n2C)c1[N+](=O)[O-]. The van der Waals surface area contributed by atoms with Gasteiger partial charge in [0, 0.05) is 12.6 Å². The van der Waals surface area contributed by atoms with E-state index in [2.05, 4.69) is 10.2 Å². The zero-order chi connectivity index (χ0) is 13.3. The summed E-state index contributed by atoms with van der Waals surface area (Å²) >= 11 is 5.71. The lowest BCUT2D eigenvalue weighted by Gasteiger charge is -2.05. The Labute approximate surface area is 108 Å². The number of benzene rings is 1. The van der Waals surface area contributed by atoms with Crippen LogP contribution in [-0.2, 0) is 12.9 Å². The number of nitrogens with zero attached hydrogens (tertiary/aromatic N) is 4. The van der Waals surface area contributed by atoms with Gasteiger partial charge in [-0.3, -0.25) is 10.1 Å². The van der Waals surface area contributed by atoms with E-state index in [1.54, 1.807) is 36.7 Å². The van der Waals surface area contributed by atoms with Crippen molar-refractivity contribution in [2.45, 2.75) is 12.8 Å². The Balaban J connectivity index is 2.67. The van der Waals surface area contributed by atoms with Crippen molar-refractivity contribution in [3.8, 4) is 11.4 Å². The van der Waals surface area contributed by atoms with Gasteiger partial charge in [-0.05, 0) is 13.0 Å². The van der Waals surface area contributed by atoms with E-state index < -0.39 is 4.92 Å². The van der Waals surface area contributed by atoms with Gasteiger partial charge >= 0.3 is 0 Å². The maximum atomic E-state index is 11.1. The van der Waals surface area contributed by atoms with Crippen molar-refractivity contribution in [2.75, 3.05) is 0 Å². The monoisotopic (exact) mass is 266 g/mol. The molecular formula is C11H11ClN4O2. The first kappa shape index (κ1) is 12.5. The zero-order valence-electron chi connectivity index (χ0n) is 9.92. The fourth-order valence-corrected chi connectivity index (χ4v) is 2.03. The van der Waals surface area contributed by atoms with Crippen LogP contribution in [0.25, 0.3) is 11.4 Å². The van der Waals surface area contributed by atoms with E-state index in [0.29, 0.717) is 22.8 Å². The van der Waals surface area contributed by atoms with E-state index in [1.165, 1.54) is 0 Å². The fraction of sp³-hybridized carbons (Fsp3) is 0.273. The Morgan fingerprint density at radius 2 is 2.17 bits per heavy atom. The zero-order valence-corrected chi connectivity index (χ0v) is 10.7. The molecule has 0 fully saturated rings. The Morgan fingerprint density at radius 3 is 2.72 bits per heavy atom. The van der Waals surface area contributed by atoms with E-state index in [0.717, 1.165) is 0 Å². The number of halogens is 1. The van der Waals surface area contributed by atoms with Crippen LogP contribution >= 0.6 is 11.6 Å². The van der Waals surface area contributed by atoms with Gasteiger partial charge in [0.15, 0.2) is 5.82 Å². The van der Waals surface area contributed by atoms with Crippen LogP contribution in [-0.4, -0.2) is 19.7 Å². The first-order valence-corrected chi connectivity index (χ1v) is 5.78. The maximum absolute atomic E-state index is 11.1. The normalized spacial score (nSPS) is 10.6. The summed E-state index contributed by atoms with van der Waals surface area (Å²) in [6.45, 7) is 1.69. The molecule has 1 heterocycles. The van der Waals surface area contributed by atoms with Gasteiger partial charge in [0.25, 0.3) is 5.69 Å². The van der Waals surface area contributed by atoms with Gasteiger partial charge in [-0.15, -0.1) is 21.8 Å². The van der Waals surface area contributed by atoms with E-state index in [9.17, 15) is 10.1 Å². The molecule has 0 bridgehead atoms. The van der Waals surface area contributed by atoms with Crippen molar-refractivity contribution in [3.63, 3.8) is 0 Å². The van der Waals surface area contributed by atoms with Crippen LogP contribution in [0, 0.1) is 17.0 Å². The van der Waals surface area contributed by atoms with Gasteiger partial charge in [0.1, 0.15) is 5.82 Å². The third-order valence-corrected chi connectivity index (χ3v) is 2.98. The molecule has 0 aliphatic carbocycles. The highest BCUT2D eigenvalue weighted by Crippen LogP contribution is 2.31. The predicted octanol–water partition coefficient (Wildman–Crippen LogP) is 2.44. The molecule has 1 aromatic carbocycles. The third kappa shape index (κ3) is 1.95. The molecule has 0 amide bonds. The van der Waals surface area contributed by atoms with Crippen molar-refractivity contribution >= 4 is 17.3 Å². The van der Waals surface area contributed by atoms with E-state index in [4.69, 9.17) is 11.6 Å². The van der Waals surface area contributed by atoms with Gasteiger partial charge in [-0.25, -0.2) is 0 Å². The highest BCUT2D eigenvalue weighted by molar-refractivity contribution is 6.16. The second kappa shape index (κ2) is 4.73. The van der Waals surface area contributed by atoms with E-state index in [-0.39, 0.29) is 11.6 Å². The molecule has 2 aromatic rings. The molecule has 94 valence electrons. The maximum Gasteiger partial charge on any atom is 0.283 e. The summed E-state index contributed by atoms with van der Waals surface area (Å²) < 4.78 is 1.66. The minimum atomic E-state index is -0.403. The van der Waals surface area contributed by atoms with Gasteiger partial charge < -0.3 is 4.57 Å². The lowest BCUT2D eigenvalue weighted by molar-refractivity contribution is -0.384. The van der Waals surface area contributed by atoms with Gasteiger partial charge in [0.2, 0.25) is 0 Å². The molecule has 0 N–H and O–H groups in total. The number of aryl methyl sites for hydroxylation is 1. The van der Waals surface area contributed by atoms with E-state index >= 15 is 0 Å². The fourth-order valence-electron chi connectivity index (χ4n) is 1.79. The molecule has 2 rings (SSSR count). The van der Waals surface area contributed by atoms with Crippen molar-refractivity contribution < 1.29 is 4.92 Å². The molecule has 0 aliphatic heterocycles. The first-order valence-electron chi connectivity index (χ1n) is 5.25. The summed E-state index contributed by atoms with van der Waals surface area (Å²) in [5.74, 6) is 1.23. The molecule has 6 nitrogen and oxygen atoms in total. The van der Waals surface area contributed by atoms with E-state index in [1.807, 2.05) is 0 Å². The number of para-hydroxylation sites is 1. The van der Waals surface area contributed by atoms with Gasteiger partial charge in [-0.1, -0.05) is 12.1 Å². The Kier molecular flexibility index (Phi) is 3.29. The van der Waals surface area contributed by atoms with Crippen LogP contribution in [0.1, 0.15) is 11.4 Å². The molecule has 0 saturated heterocycles. The first-order chi connectivity index (χ1) is 8.56. The van der Waals surface area contributed by atoms with Crippen molar-refractivity contribution in [3.05, 3.63) is 39.7 Å². The second-order valence-electron chi connectivity index (χ2n) is 3.86. The summed E-state index contributed by atoms with van der Waals surface area (Å²) in [4.78, 5) is 10.7. The summed E-state index contributed by atoms with van der Waals surface area (Å²) in [6, 6.07) is 5.11. The average molecular weight is 267 g/mol. The largest absolute Gasteiger partial charge is 0.313 e. The minimum absolute atomic E-state index is 0.0501. The number of rotatable bonds is 3. The summed E-state index contributed by atoms with van der Waals surface area (Å²) in [5.41, 5.74) is 1.09. The molecule has 0 atom stereocenters. The molecule has 0 unspecified atom stereocenters. The summed E-state index contributed by atoms with van der Waals surface area (Å²) in [5, 5.41) is 19.0. The number of alkyl halides is 1. The van der Waals surface area contributed by atoms with Crippen molar-refractivity contribution in [2.24, 2.45) is 7.05 Å². The molecule has 7 heteroatoms. The topological polar surface area (TPSA) is 73.8 Å². The number of hydrogen-bond acceptors (Lipinski definition) is 4. The van der Waals surface area contributed by atoms with Crippen molar-refractivity contribution in [1.29, 1.82) is 0 Å². The Hall–Kier alpha value is -1.95. The Bertz CT molecular complexity index is 609. The van der Waals surface area contributed by atoms with Gasteiger partial charge in [0.05, 0.1) is 16.4 Å². The highest BCUT2D eigenvalue weighted by Gasteiger charge is 2.22. The molecule has 0 aliphatic rings. The third-order valence-electron chi connectivity index (χ3n) is 2.75. The van der Waals surface area contributed by atoms with Crippen LogP contribution in [0.5, 0.6) is 0 Å². The molecule has 1 aromatic heterocycles. The number of hydrogen-bond donors (Lipinski definition) is 0. The number of nitro groups is 1. The lowest BCUT2D eigenvalue weighted by atomic mass is 10.1. The Morgan fingerprint density at radius 1 is 1.44 bits per heavy atom. The standard InChI is InChI=1S/C11H11ClN4O2/c1-7-4-3-5-8(10(7)16(17)18)11-14-13-9(6-12)15(11)2/h3-5H,6H2,1-2H3. The number of aromatic nitrogens is 3. The lowest BCUT2D eigenvalue weighted by Crippen LogP contribution is -2.01. The quantitative estimate of drug-likeness (QED) is 0.486. The predicted molar refractivity (Wildman–Crippen MR) is 67.4 cm³/mol. The minimum Gasteiger partial charge on any atom is -0.313 e. The number of nitro benzene ring substituents is 1. The van der Waals surface area contributed by atoms with Gasteiger partial charge in [-0.2, -0.15) is 0 Å². The van der Waals surface area contributed by atoms with Crippen LogP contribution in [0.3, 0.4) is 0 Å². The summed E-state index contributed by atoms with van der Waals surface area (Å²) in [7, 11) is 1.74. The second-order valence-corrected chi connectivity index (χ2v) is 4.13. The van der Waals surface area contributed by atoms with Crippen LogP contribution in [0.4, 0.5) is 5.69 Å². The molecule has 18 heavy (non-hydrogen) atoms. The van der Waals surface area contributed by atoms with Crippen molar-refractivity contribution in [1.82, 2.24) is 14.8 Å². The average Bonchev–Trinajstić information content (AvgIpc) is 2.69. The molecular weight excluding hydrogens is 256 g/mol. The van der Waals surface area contributed by atoms with Crippen LogP contribution < -0.4 is 0 Å². The van der Waals surface area contributed by atoms with Crippen LogP contribution in [0.2, 0.25) is 0 Å². The van der Waals surface area contributed by atoms with Crippen LogP contribution in [0.15, 0.2) is 18.2 Å². The molecule has 0 spiro atoms. The molecule has 0 radical (unpaired) electrons.